The van der Waals surface area contributed by atoms with Crippen LogP contribution in [-0.2, 0) is 4.79 Å². The Morgan fingerprint density at radius 1 is 1.10 bits per heavy atom. The van der Waals surface area contributed by atoms with Crippen molar-refractivity contribution in [2.45, 2.75) is 0 Å². The van der Waals surface area contributed by atoms with Gasteiger partial charge in [-0.05, 0) is 48.0 Å². The van der Waals surface area contributed by atoms with Crippen molar-refractivity contribution in [2.75, 3.05) is 12.1 Å². The van der Waals surface area contributed by atoms with Crippen LogP contribution in [0.2, 0.25) is 0 Å². The number of carbonyl (C=O) groups excluding carboxylic acids is 1. The highest BCUT2D eigenvalue weighted by Crippen LogP contribution is 2.32. The standard InChI is InChI=1S/C16H12BrNO3/c17-12-3-5-13(6-4-12)18-16(19)8-2-11-1-7-14-15(9-11)21-10-20-14/h1-9H,10H2,(H,18,19). The lowest BCUT2D eigenvalue weighted by Gasteiger charge is -2.02. The van der Waals surface area contributed by atoms with Crippen molar-refractivity contribution in [1.82, 2.24) is 0 Å². The topological polar surface area (TPSA) is 47.6 Å². The van der Waals surface area contributed by atoms with Crippen molar-refractivity contribution in [2.24, 2.45) is 0 Å². The molecule has 21 heavy (non-hydrogen) atoms. The largest absolute Gasteiger partial charge is 0.454 e. The third-order valence-corrected chi connectivity index (χ3v) is 3.46. The van der Waals surface area contributed by atoms with Gasteiger partial charge in [-0.1, -0.05) is 22.0 Å². The second-order valence-electron chi connectivity index (χ2n) is 4.44. The third kappa shape index (κ3) is 3.44. The maximum absolute atomic E-state index is 11.8. The average Bonchev–Trinajstić information content (AvgIpc) is 2.95. The van der Waals surface area contributed by atoms with Crippen LogP contribution in [0.3, 0.4) is 0 Å². The van der Waals surface area contributed by atoms with E-state index in [1.165, 1.54) is 6.08 Å². The summed E-state index contributed by atoms with van der Waals surface area (Å²) in [6, 6.07) is 12.9. The minimum absolute atomic E-state index is 0.185. The van der Waals surface area contributed by atoms with Crippen molar-refractivity contribution in [1.29, 1.82) is 0 Å². The van der Waals surface area contributed by atoms with Gasteiger partial charge in [-0.25, -0.2) is 0 Å². The van der Waals surface area contributed by atoms with E-state index in [0.717, 1.165) is 21.5 Å². The number of carbonyl (C=O) groups is 1. The molecule has 0 aliphatic carbocycles. The Kier molecular flexibility index (Phi) is 3.92. The van der Waals surface area contributed by atoms with E-state index in [2.05, 4.69) is 21.2 Å². The zero-order valence-electron chi connectivity index (χ0n) is 11.0. The Morgan fingerprint density at radius 3 is 2.67 bits per heavy atom. The first kappa shape index (κ1) is 13.7. The number of rotatable bonds is 3. The van der Waals surface area contributed by atoms with Crippen LogP contribution < -0.4 is 14.8 Å². The molecule has 5 heteroatoms. The van der Waals surface area contributed by atoms with Crippen LogP contribution in [0.15, 0.2) is 53.0 Å². The second-order valence-corrected chi connectivity index (χ2v) is 5.36. The predicted molar refractivity (Wildman–Crippen MR) is 84.4 cm³/mol. The van der Waals surface area contributed by atoms with Crippen molar-refractivity contribution in [3.63, 3.8) is 0 Å². The number of hydrogen-bond donors (Lipinski definition) is 1. The lowest BCUT2D eigenvalue weighted by molar-refractivity contribution is -0.111. The highest BCUT2D eigenvalue weighted by atomic mass is 79.9. The van der Waals surface area contributed by atoms with Crippen molar-refractivity contribution >= 4 is 33.6 Å². The third-order valence-electron chi connectivity index (χ3n) is 2.94. The monoisotopic (exact) mass is 345 g/mol. The Bertz CT molecular complexity index is 695. The van der Waals surface area contributed by atoms with E-state index in [9.17, 15) is 4.79 Å². The molecule has 0 saturated heterocycles. The molecule has 2 aromatic carbocycles. The van der Waals surface area contributed by atoms with Crippen molar-refractivity contribution in [3.8, 4) is 11.5 Å². The van der Waals surface area contributed by atoms with Crippen LogP contribution in [0.5, 0.6) is 11.5 Å². The summed E-state index contributed by atoms with van der Waals surface area (Å²) in [5.74, 6) is 1.24. The molecule has 1 amide bonds. The summed E-state index contributed by atoms with van der Waals surface area (Å²) in [6.07, 6.45) is 3.22. The van der Waals surface area contributed by atoms with E-state index in [-0.39, 0.29) is 12.7 Å². The van der Waals surface area contributed by atoms with Crippen LogP contribution in [0.25, 0.3) is 6.08 Å². The van der Waals surface area contributed by atoms with Crippen LogP contribution in [0, 0.1) is 0 Å². The van der Waals surface area contributed by atoms with Gasteiger partial charge in [-0.15, -0.1) is 0 Å². The fourth-order valence-corrected chi connectivity index (χ4v) is 2.17. The number of hydrogen-bond acceptors (Lipinski definition) is 3. The second kappa shape index (κ2) is 6.01. The lowest BCUT2D eigenvalue weighted by Crippen LogP contribution is -2.07. The number of fused-ring (bicyclic) bond motifs is 1. The first-order valence-corrected chi connectivity index (χ1v) is 7.14. The fourth-order valence-electron chi connectivity index (χ4n) is 1.91. The molecule has 1 aliphatic heterocycles. The van der Waals surface area contributed by atoms with E-state index in [0.29, 0.717) is 5.75 Å². The summed E-state index contributed by atoms with van der Waals surface area (Å²) in [5.41, 5.74) is 1.63. The number of ether oxygens (including phenoxy) is 2. The zero-order valence-corrected chi connectivity index (χ0v) is 12.6. The maximum Gasteiger partial charge on any atom is 0.248 e. The highest BCUT2D eigenvalue weighted by molar-refractivity contribution is 9.10. The SMILES string of the molecule is O=C(C=Cc1ccc2c(c1)OCO2)Nc1ccc(Br)cc1. The van der Waals surface area contributed by atoms with E-state index in [1.807, 2.05) is 42.5 Å². The van der Waals surface area contributed by atoms with Crippen LogP contribution in [0.1, 0.15) is 5.56 Å². The highest BCUT2D eigenvalue weighted by Gasteiger charge is 2.12. The minimum atomic E-state index is -0.185. The van der Waals surface area contributed by atoms with Crippen LogP contribution in [0.4, 0.5) is 5.69 Å². The molecular weight excluding hydrogens is 334 g/mol. The van der Waals surface area contributed by atoms with Gasteiger partial charge in [0.15, 0.2) is 11.5 Å². The van der Waals surface area contributed by atoms with Crippen LogP contribution >= 0.6 is 15.9 Å². The molecular formula is C16H12BrNO3. The zero-order chi connectivity index (χ0) is 14.7. The summed E-state index contributed by atoms with van der Waals surface area (Å²) in [4.78, 5) is 11.8. The van der Waals surface area contributed by atoms with Gasteiger partial charge in [0, 0.05) is 16.2 Å². The number of nitrogens with one attached hydrogen (secondary N) is 1. The molecule has 4 nitrogen and oxygen atoms in total. The Hall–Kier alpha value is -2.27. The molecule has 0 unspecified atom stereocenters. The molecule has 0 fully saturated rings. The molecule has 0 spiro atoms. The first-order chi connectivity index (χ1) is 10.2. The molecule has 3 rings (SSSR count). The van der Waals surface area contributed by atoms with Gasteiger partial charge in [0.2, 0.25) is 12.7 Å². The summed E-state index contributed by atoms with van der Waals surface area (Å²) in [6.45, 7) is 0.243. The number of anilines is 1. The van der Waals surface area contributed by atoms with E-state index in [4.69, 9.17) is 9.47 Å². The molecule has 1 aliphatic rings. The van der Waals surface area contributed by atoms with Crippen molar-refractivity contribution in [3.05, 3.63) is 58.6 Å². The number of benzene rings is 2. The fraction of sp³-hybridized carbons (Fsp3) is 0.0625. The van der Waals surface area contributed by atoms with Gasteiger partial charge in [0.1, 0.15) is 0 Å². The average molecular weight is 346 g/mol. The lowest BCUT2D eigenvalue weighted by atomic mass is 10.2. The molecule has 0 aromatic heterocycles. The van der Waals surface area contributed by atoms with Gasteiger partial charge in [0.25, 0.3) is 0 Å². The smallest absolute Gasteiger partial charge is 0.248 e. The maximum atomic E-state index is 11.8. The molecule has 1 N–H and O–H groups in total. The van der Waals surface area contributed by atoms with E-state index < -0.39 is 0 Å². The molecule has 106 valence electrons. The Balaban J connectivity index is 1.65. The Labute approximate surface area is 130 Å². The van der Waals surface area contributed by atoms with E-state index >= 15 is 0 Å². The van der Waals surface area contributed by atoms with Crippen molar-refractivity contribution < 1.29 is 14.3 Å². The minimum Gasteiger partial charge on any atom is -0.454 e. The molecule has 2 aromatic rings. The molecule has 0 saturated carbocycles. The number of amides is 1. The Morgan fingerprint density at radius 2 is 1.86 bits per heavy atom. The first-order valence-electron chi connectivity index (χ1n) is 6.35. The predicted octanol–water partition coefficient (Wildman–Crippen LogP) is 3.83. The summed E-state index contributed by atoms with van der Waals surface area (Å²) in [5, 5.41) is 2.79. The van der Waals surface area contributed by atoms with Gasteiger partial charge in [-0.3, -0.25) is 4.79 Å². The van der Waals surface area contributed by atoms with Gasteiger partial charge >= 0.3 is 0 Å². The molecule has 1 heterocycles. The van der Waals surface area contributed by atoms with E-state index in [1.54, 1.807) is 6.08 Å². The summed E-state index contributed by atoms with van der Waals surface area (Å²) >= 11 is 3.35. The van der Waals surface area contributed by atoms with Gasteiger partial charge in [-0.2, -0.15) is 0 Å². The van der Waals surface area contributed by atoms with Gasteiger partial charge in [0.05, 0.1) is 0 Å². The quantitative estimate of drug-likeness (QED) is 0.860. The number of halogens is 1. The molecule has 0 bridgehead atoms. The molecule has 0 atom stereocenters. The van der Waals surface area contributed by atoms with Crippen LogP contribution in [-0.4, -0.2) is 12.7 Å². The van der Waals surface area contributed by atoms with Gasteiger partial charge < -0.3 is 14.8 Å². The molecule has 0 radical (unpaired) electrons. The normalized spacial score (nSPS) is 12.6. The summed E-state index contributed by atoms with van der Waals surface area (Å²) < 4.78 is 11.5. The summed E-state index contributed by atoms with van der Waals surface area (Å²) in [7, 11) is 0.